The van der Waals surface area contributed by atoms with E-state index in [-0.39, 0.29) is 0 Å². The lowest BCUT2D eigenvalue weighted by Crippen LogP contribution is -2.41. The van der Waals surface area contributed by atoms with E-state index in [4.69, 9.17) is 0 Å². The van der Waals surface area contributed by atoms with E-state index in [9.17, 15) is 0 Å². The van der Waals surface area contributed by atoms with Gasteiger partial charge in [0.15, 0.2) is 0 Å². The first kappa shape index (κ1) is 12.4. The number of rotatable bonds is 3. The summed E-state index contributed by atoms with van der Waals surface area (Å²) in [4.78, 5) is 2.51. The van der Waals surface area contributed by atoms with Crippen molar-refractivity contribution in [3.05, 3.63) is 0 Å². The van der Waals surface area contributed by atoms with Gasteiger partial charge in [0.2, 0.25) is 0 Å². The Hall–Kier alpha value is -0.0800. The third kappa shape index (κ3) is 2.98. The summed E-state index contributed by atoms with van der Waals surface area (Å²) >= 11 is 0. The molecule has 0 amide bonds. The molecule has 0 radical (unpaired) electrons. The highest BCUT2D eigenvalue weighted by Crippen LogP contribution is 2.37. The van der Waals surface area contributed by atoms with Gasteiger partial charge < -0.3 is 10.2 Å². The third-order valence-corrected chi connectivity index (χ3v) is 4.13. The number of fused-ring (bicyclic) bond motifs is 1. The molecular formula is C14H28N2. The number of hydrogen-bond donors (Lipinski definition) is 1. The fourth-order valence-electron chi connectivity index (χ4n) is 3.71. The van der Waals surface area contributed by atoms with Gasteiger partial charge in [-0.3, -0.25) is 0 Å². The van der Waals surface area contributed by atoms with Crippen LogP contribution in [0.5, 0.6) is 0 Å². The molecule has 1 saturated carbocycles. The van der Waals surface area contributed by atoms with Crippen LogP contribution in [0.1, 0.15) is 40.0 Å². The first-order valence-electron chi connectivity index (χ1n) is 6.88. The van der Waals surface area contributed by atoms with Crippen LogP contribution in [0, 0.1) is 17.3 Å². The topological polar surface area (TPSA) is 15.3 Å². The summed E-state index contributed by atoms with van der Waals surface area (Å²) in [6.45, 7) is 10.7. The van der Waals surface area contributed by atoms with Crippen molar-refractivity contribution >= 4 is 0 Å². The first-order chi connectivity index (χ1) is 7.46. The number of likely N-dealkylation sites (N-methyl/N-ethyl adjacent to an activating group) is 1. The molecule has 1 aliphatic carbocycles. The molecule has 1 N–H and O–H groups in total. The van der Waals surface area contributed by atoms with Gasteiger partial charge >= 0.3 is 0 Å². The van der Waals surface area contributed by atoms with Crippen molar-refractivity contribution in [1.29, 1.82) is 0 Å². The standard InChI is InChI=1S/C14H28N2/c1-14(2,3)10-16(4)9-13-12-7-5-6-11(12)8-15-13/h11-13,15H,5-10H2,1-4H3. The molecule has 2 aliphatic rings. The highest BCUT2D eigenvalue weighted by molar-refractivity contribution is 4.95. The Morgan fingerprint density at radius 2 is 2.00 bits per heavy atom. The maximum Gasteiger partial charge on any atom is 0.0226 e. The molecule has 0 bridgehead atoms. The normalized spacial score (nSPS) is 34.7. The molecular weight excluding hydrogens is 196 g/mol. The third-order valence-electron chi connectivity index (χ3n) is 4.13. The number of nitrogens with zero attached hydrogens (tertiary/aromatic N) is 1. The van der Waals surface area contributed by atoms with Crippen molar-refractivity contribution in [3.8, 4) is 0 Å². The van der Waals surface area contributed by atoms with Crippen molar-refractivity contribution in [3.63, 3.8) is 0 Å². The molecule has 0 spiro atoms. The van der Waals surface area contributed by atoms with E-state index in [1.165, 1.54) is 38.9 Å². The second-order valence-electron chi connectivity index (χ2n) is 7.13. The van der Waals surface area contributed by atoms with Gasteiger partial charge in [0.25, 0.3) is 0 Å². The van der Waals surface area contributed by atoms with Gasteiger partial charge in [0.05, 0.1) is 0 Å². The van der Waals surface area contributed by atoms with Crippen molar-refractivity contribution in [2.24, 2.45) is 17.3 Å². The van der Waals surface area contributed by atoms with E-state index in [2.05, 4.69) is 38.0 Å². The Labute approximate surface area is 101 Å². The van der Waals surface area contributed by atoms with E-state index in [1.807, 2.05) is 0 Å². The number of hydrogen-bond acceptors (Lipinski definition) is 2. The lowest BCUT2D eigenvalue weighted by molar-refractivity contribution is 0.198. The highest BCUT2D eigenvalue weighted by atomic mass is 15.1. The maximum absolute atomic E-state index is 3.73. The van der Waals surface area contributed by atoms with E-state index in [0.717, 1.165) is 17.9 Å². The zero-order valence-corrected chi connectivity index (χ0v) is 11.4. The lowest BCUT2D eigenvalue weighted by atomic mass is 9.92. The molecule has 1 aliphatic heterocycles. The quantitative estimate of drug-likeness (QED) is 0.791. The minimum absolute atomic E-state index is 0.419. The summed E-state index contributed by atoms with van der Waals surface area (Å²) in [5.74, 6) is 1.97. The van der Waals surface area contributed by atoms with Crippen LogP contribution in [0.3, 0.4) is 0 Å². The molecule has 1 saturated heterocycles. The van der Waals surface area contributed by atoms with Gasteiger partial charge in [-0.15, -0.1) is 0 Å². The predicted molar refractivity (Wildman–Crippen MR) is 69.6 cm³/mol. The van der Waals surface area contributed by atoms with Crippen LogP contribution in [-0.4, -0.2) is 37.6 Å². The molecule has 16 heavy (non-hydrogen) atoms. The van der Waals surface area contributed by atoms with Crippen LogP contribution in [0.4, 0.5) is 0 Å². The second kappa shape index (κ2) is 4.66. The lowest BCUT2D eigenvalue weighted by Gasteiger charge is -2.30. The van der Waals surface area contributed by atoms with Crippen LogP contribution < -0.4 is 5.32 Å². The van der Waals surface area contributed by atoms with Crippen molar-refractivity contribution in [2.45, 2.75) is 46.1 Å². The van der Waals surface area contributed by atoms with Crippen LogP contribution in [0.15, 0.2) is 0 Å². The average molecular weight is 224 g/mol. The van der Waals surface area contributed by atoms with Gasteiger partial charge in [-0.2, -0.15) is 0 Å². The minimum atomic E-state index is 0.419. The fraction of sp³-hybridized carbons (Fsp3) is 1.00. The Balaban J connectivity index is 1.81. The first-order valence-corrected chi connectivity index (χ1v) is 6.88. The van der Waals surface area contributed by atoms with Crippen molar-refractivity contribution in [2.75, 3.05) is 26.7 Å². The Morgan fingerprint density at radius 1 is 1.25 bits per heavy atom. The maximum atomic E-state index is 3.73. The SMILES string of the molecule is CN(CC1NCC2CCCC21)CC(C)(C)C. The van der Waals surface area contributed by atoms with Crippen LogP contribution in [0.2, 0.25) is 0 Å². The van der Waals surface area contributed by atoms with Crippen molar-refractivity contribution in [1.82, 2.24) is 10.2 Å². The van der Waals surface area contributed by atoms with Crippen LogP contribution in [0.25, 0.3) is 0 Å². The van der Waals surface area contributed by atoms with Gasteiger partial charge in [0, 0.05) is 19.1 Å². The predicted octanol–water partition coefficient (Wildman–Crippen LogP) is 2.35. The molecule has 2 rings (SSSR count). The Kier molecular flexibility index (Phi) is 3.60. The van der Waals surface area contributed by atoms with Crippen LogP contribution >= 0.6 is 0 Å². The molecule has 2 heteroatoms. The summed E-state index contributed by atoms with van der Waals surface area (Å²) in [7, 11) is 2.27. The molecule has 3 atom stereocenters. The highest BCUT2D eigenvalue weighted by Gasteiger charge is 2.39. The zero-order chi connectivity index (χ0) is 11.8. The summed E-state index contributed by atoms with van der Waals surface area (Å²) in [5, 5.41) is 3.73. The monoisotopic (exact) mass is 224 g/mol. The van der Waals surface area contributed by atoms with Gasteiger partial charge in [-0.1, -0.05) is 27.2 Å². The molecule has 94 valence electrons. The Bertz CT molecular complexity index is 231. The zero-order valence-electron chi connectivity index (χ0n) is 11.4. The molecule has 0 aromatic carbocycles. The minimum Gasteiger partial charge on any atom is -0.312 e. The molecule has 2 nitrogen and oxygen atoms in total. The van der Waals surface area contributed by atoms with E-state index >= 15 is 0 Å². The molecule has 3 unspecified atom stereocenters. The summed E-state index contributed by atoms with van der Waals surface area (Å²) in [6, 6.07) is 0.764. The molecule has 0 aromatic heterocycles. The Morgan fingerprint density at radius 3 is 2.69 bits per heavy atom. The average Bonchev–Trinajstić information content (AvgIpc) is 2.66. The van der Waals surface area contributed by atoms with Gasteiger partial charge in [0.1, 0.15) is 0 Å². The fourth-order valence-corrected chi connectivity index (χ4v) is 3.71. The number of nitrogens with one attached hydrogen (secondary N) is 1. The molecule has 1 heterocycles. The largest absolute Gasteiger partial charge is 0.312 e. The van der Waals surface area contributed by atoms with Crippen molar-refractivity contribution < 1.29 is 0 Å². The van der Waals surface area contributed by atoms with E-state index < -0.39 is 0 Å². The molecule has 0 aromatic rings. The summed E-state index contributed by atoms with van der Waals surface area (Å²) < 4.78 is 0. The summed E-state index contributed by atoms with van der Waals surface area (Å²) in [5.41, 5.74) is 0.419. The molecule has 2 fully saturated rings. The van der Waals surface area contributed by atoms with Gasteiger partial charge in [-0.05, 0) is 43.7 Å². The smallest absolute Gasteiger partial charge is 0.0226 e. The second-order valence-corrected chi connectivity index (χ2v) is 7.13. The summed E-state index contributed by atoms with van der Waals surface area (Å²) in [6.07, 6.45) is 4.40. The van der Waals surface area contributed by atoms with Gasteiger partial charge in [-0.25, -0.2) is 0 Å². The van der Waals surface area contributed by atoms with E-state index in [1.54, 1.807) is 0 Å². The van der Waals surface area contributed by atoms with E-state index in [0.29, 0.717) is 5.41 Å². The van der Waals surface area contributed by atoms with Crippen LogP contribution in [-0.2, 0) is 0 Å².